The smallest absolute Gasteiger partial charge is 0.301 e. The fourth-order valence-corrected chi connectivity index (χ4v) is 4.88. The number of carbonyl (C=O) groups excluding carboxylic acids is 2. The standard InChI is InChI=1S/C24H20N2O5S/c1-13-10-16-11-15(6-7-18(16)31-13)21(27)19-20(14-4-3-5-17(12-14)30-2)26(23(29)22(19)28)24-25-8-9-32-24/h3-9,11-13,20,27H,10H2,1-2H3/t13-,20-/m1/s1. The van der Waals surface area contributed by atoms with Gasteiger partial charge in [-0.3, -0.25) is 14.5 Å². The van der Waals surface area contributed by atoms with Crippen LogP contribution in [0.2, 0.25) is 0 Å². The minimum Gasteiger partial charge on any atom is -0.507 e. The van der Waals surface area contributed by atoms with Crippen LogP contribution < -0.4 is 14.4 Å². The summed E-state index contributed by atoms with van der Waals surface area (Å²) in [4.78, 5) is 31.8. The van der Waals surface area contributed by atoms with Gasteiger partial charge in [-0.25, -0.2) is 4.98 Å². The number of benzene rings is 2. The largest absolute Gasteiger partial charge is 0.507 e. The van der Waals surface area contributed by atoms with Crippen LogP contribution in [-0.2, 0) is 16.0 Å². The number of ketones is 1. The number of thiazole rings is 1. The van der Waals surface area contributed by atoms with E-state index >= 15 is 0 Å². The molecule has 2 aliphatic rings. The predicted octanol–water partition coefficient (Wildman–Crippen LogP) is 4.10. The topological polar surface area (TPSA) is 89.0 Å². The number of amides is 1. The van der Waals surface area contributed by atoms with Crippen LogP contribution >= 0.6 is 11.3 Å². The molecule has 1 N–H and O–H groups in total. The van der Waals surface area contributed by atoms with Gasteiger partial charge < -0.3 is 14.6 Å². The van der Waals surface area contributed by atoms with Crippen molar-refractivity contribution in [1.82, 2.24) is 4.98 Å². The second-order valence-electron chi connectivity index (χ2n) is 7.72. The first-order valence-corrected chi connectivity index (χ1v) is 11.0. The Morgan fingerprint density at radius 3 is 2.84 bits per heavy atom. The van der Waals surface area contributed by atoms with Crippen molar-refractivity contribution in [3.8, 4) is 11.5 Å². The van der Waals surface area contributed by atoms with E-state index < -0.39 is 17.7 Å². The average Bonchev–Trinajstić information content (AvgIpc) is 3.51. The van der Waals surface area contributed by atoms with E-state index in [0.717, 1.165) is 11.3 Å². The molecule has 0 aliphatic carbocycles. The number of aliphatic hydroxyl groups is 1. The Bertz CT molecular complexity index is 1250. The minimum absolute atomic E-state index is 0.0189. The lowest BCUT2D eigenvalue weighted by Gasteiger charge is -2.23. The SMILES string of the molecule is COc1cccc([C@@H]2C(=C(O)c3ccc4c(c3)C[C@@H](C)O4)C(=O)C(=O)N2c2nccs2)c1. The number of rotatable bonds is 4. The molecule has 0 saturated carbocycles. The third-order valence-corrected chi connectivity index (χ3v) is 6.42. The highest BCUT2D eigenvalue weighted by Crippen LogP contribution is 2.43. The lowest BCUT2D eigenvalue weighted by Crippen LogP contribution is -2.29. The lowest BCUT2D eigenvalue weighted by molar-refractivity contribution is -0.132. The first-order valence-electron chi connectivity index (χ1n) is 10.1. The highest BCUT2D eigenvalue weighted by atomic mass is 32.1. The van der Waals surface area contributed by atoms with Crippen LogP contribution in [0.5, 0.6) is 11.5 Å². The van der Waals surface area contributed by atoms with E-state index in [1.807, 2.05) is 13.0 Å². The molecular weight excluding hydrogens is 428 g/mol. The zero-order valence-corrected chi connectivity index (χ0v) is 18.3. The maximum absolute atomic E-state index is 13.2. The van der Waals surface area contributed by atoms with Crippen LogP contribution in [0.15, 0.2) is 59.6 Å². The minimum atomic E-state index is -0.834. The summed E-state index contributed by atoms with van der Waals surface area (Å²) in [5.41, 5.74) is 2.07. The van der Waals surface area contributed by atoms with Gasteiger partial charge in [-0.1, -0.05) is 12.1 Å². The Morgan fingerprint density at radius 1 is 1.25 bits per heavy atom. The summed E-state index contributed by atoms with van der Waals surface area (Å²) in [5, 5.41) is 13.4. The number of ether oxygens (including phenoxy) is 2. The van der Waals surface area contributed by atoms with Gasteiger partial charge in [0.15, 0.2) is 5.13 Å². The van der Waals surface area contributed by atoms with E-state index in [0.29, 0.717) is 28.4 Å². The monoisotopic (exact) mass is 448 g/mol. The normalized spacial score (nSPS) is 21.5. The Hall–Kier alpha value is -3.65. The molecule has 2 aromatic carbocycles. The third kappa shape index (κ3) is 3.23. The Morgan fingerprint density at radius 2 is 2.09 bits per heavy atom. The Balaban J connectivity index is 1.69. The lowest BCUT2D eigenvalue weighted by atomic mass is 9.94. The molecular formula is C24H20N2O5S. The number of aromatic nitrogens is 1. The van der Waals surface area contributed by atoms with Crippen molar-refractivity contribution in [3.63, 3.8) is 0 Å². The van der Waals surface area contributed by atoms with Gasteiger partial charge in [0.25, 0.3) is 5.78 Å². The van der Waals surface area contributed by atoms with Gasteiger partial charge >= 0.3 is 5.91 Å². The van der Waals surface area contributed by atoms with Crippen LogP contribution in [0, 0.1) is 0 Å². The van der Waals surface area contributed by atoms with Crippen molar-refractivity contribution < 1.29 is 24.2 Å². The molecule has 0 bridgehead atoms. The fraction of sp³-hybridized carbons (Fsp3) is 0.208. The van der Waals surface area contributed by atoms with Crippen molar-refractivity contribution >= 4 is 33.9 Å². The molecule has 2 aliphatic heterocycles. The highest BCUT2D eigenvalue weighted by molar-refractivity contribution is 7.14. The van der Waals surface area contributed by atoms with Gasteiger partial charge in [0.1, 0.15) is 23.4 Å². The van der Waals surface area contributed by atoms with Gasteiger partial charge in [-0.2, -0.15) is 0 Å². The summed E-state index contributed by atoms with van der Waals surface area (Å²) in [6.45, 7) is 1.97. The molecule has 32 heavy (non-hydrogen) atoms. The van der Waals surface area contributed by atoms with E-state index in [1.165, 1.54) is 16.2 Å². The molecule has 1 aromatic heterocycles. The number of Topliss-reactive ketones (excluding diaryl/α,β-unsaturated/α-hetero) is 1. The van der Waals surface area contributed by atoms with Crippen LogP contribution in [0.1, 0.15) is 29.7 Å². The summed E-state index contributed by atoms with van der Waals surface area (Å²) in [6.07, 6.45) is 2.34. The number of aliphatic hydroxyl groups excluding tert-OH is 1. The maximum Gasteiger partial charge on any atom is 0.301 e. The van der Waals surface area contributed by atoms with Gasteiger partial charge in [-0.15, -0.1) is 11.3 Å². The number of fused-ring (bicyclic) bond motifs is 1. The first-order chi connectivity index (χ1) is 15.5. The number of methoxy groups -OCH3 is 1. The molecule has 2 atom stereocenters. The van der Waals surface area contributed by atoms with Crippen molar-refractivity contribution in [2.75, 3.05) is 12.0 Å². The predicted molar refractivity (Wildman–Crippen MR) is 120 cm³/mol. The van der Waals surface area contributed by atoms with Crippen molar-refractivity contribution in [2.24, 2.45) is 0 Å². The van der Waals surface area contributed by atoms with Crippen molar-refractivity contribution in [2.45, 2.75) is 25.5 Å². The molecule has 8 heteroatoms. The summed E-state index contributed by atoms with van der Waals surface area (Å²) >= 11 is 1.25. The molecule has 5 rings (SSSR count). The highest BCUT2D eigenvalue weighted by Gasteiger charge is 2.48. The zero-order chi connectivity index (χ0) is 22.4. The summed E-state index contributed by atoms with van der Waals surface area (Å²) in [6, 6.07) is 11.6. The van der Waals surface area contributed by atoms with Gasteiger partial charge in [-0.05, 0) is 48.4 Å². The number of hydrogen-bond acceptors (Lipinski definition) is 7. The van der Waals surface area contributed by atoms with E-state index in [9.17, 15) is 14.7 Å². The number of hydrogen-bond donors (Lipinski definition) is 1. The number of anilines is 1. The molecule has 3 aromatic rings. The van der Waals surface area contributed by atoms with E-state index in [2.05, 4.69) is 4.98 Å². The number of carbonyl (C=O) groups is 2. The second-order valence-corrected chi connectivity index (χ2v) is 8.59. The number of nitrogens with zero attached hydrogens (tertiary/aromatic N) is 2. The molecule has 0 unspecified atom stereocenters. The molecule has 1 amide bonds. The van der Waals surface area contributed by atoms with Crippen LogP contribution in [-0.4, -0.2) is 35.0 Å². The molecule has 0 radical (unpaired) electrons. The Kier molecular flexibility index (Phi) is 4.94. The summed E-state index contributed by atoms with van der Waals surface area (Å²) in [7, 11) is 1.55. The molecule has 162 valence electrons. The van der Waals surface area contributed by atoms with E-state index in [-0.39, 0.29) is 17.4 Å². The average molecular weight is 449 g/mol. The van der Waals surface area contributed by atoms with Crippen LogP contribution in [0.3, 0.4) is 0 Å². The molecule has 1 fully saturated rings. The van der Waals surface area contributed by atoms with Crippen molar-refractivity contribution in [1.29, 1.82) is 0 Å². The second kappa shape index (κ2) is 7.80. The first kappa shape index (κ1) is 20.3. The Labute approximate surface area is 188 Å². The quantitative estimate of drug-likeness (QED) is 0.367. The zero-order valence-electron chi connectivity index (χ0n) is 17.4. The third-order valence-electron chi connectivity index (χ3n) is 5.65. The summed E-state index contributed by atoms with van der Waals surface area (Å²) < 4.78 is 11.1. The fourth-order valence-electron chi connectivity index (χ4n) is 4.22. The molecule has 0 spiro atoms. The van der Waals surface area contributed by atoms with Crippen LogP contribution in [0.4, 0.5) is 5.13 Å². The maximum atomic E-state index is 13.2. The molecule has 7 nitrogen and oxygen atoms in total. The van der Waals surface area contributed by atoms with Gasteiger partial charge in [0.2, 0.25) is 0 Å². The molecule has 3 heterocycles. The van der Waals surface area contributed by atoms with E-state index in [1.54, 1.807) is 55.1 Å². The molecule has 1 saturated heterocycles. The van der Waals surface area contributed by atoms with Gasteiger partial charge in [0.05, 0.1) is 18.7 Å². The van der Waals surface area contributed by atoms with Crippen molar-refractivity contribution in [3.05, 3.63) is 76.3 Å². The van der Waals surface area contributed by atoms with E-state index in [4.69, 9.17) is 9.47 Å². The summed E-state index contributed by atoms with van der Waals surface area (Å²) in [5.74, 6) is -0.363. The van der Waals surface area contributed by atoms with Gasteiger partial charge in [0, 0.05) is 23.6 Å². The van der Waals surface area contributed by atoms with Crippen LogP contribution in [0.25, 0.3) is 5.76 Å².